The monoisotopic (exact) mass is 323 g/mol. The topological polar surface area (TPSA) is 37.4 Å². The number of pyridine rings is 1. The Balaban J connectivity index is 1.63. The van der Waals surface area contributed by atoms with E-state index in [2.05, 4.69) is 39.6 Å². The summed E-state index contributed by atoms with van der Waals surface area (Å²) < 4.78 is 6.18. The van der Waals surface area contributed by atoms with E-state index < -0.39 is 0 Å². The van der Waals surface area contributed by atoms with Gasteiger partial charge in [0, 0.05) is 19.1 Å². The van der Waals surface area contributed by atoms with Gasteiger partial charge in [0.15, 0.2) is 0 Å². The Hall–Kier alpha value is -1.30. The highest BCUT2D eigenvalue weighted by Crippen LogP contribution is 2.27. The Morgan fingerprint density at radius 3 is 2.81 bits per heavy atom. The summed E-state index contributed by atoms with van der Waals surface area (Å²) in [6, 6.07) is 6.34. The number of nitrogens with one attached hydrogen (secondary N) is 1. The molecule has 4 nitrogen and oxygen atoms in total. The standard InChI is InChI=1S/C15H18ClN3OS/c1-11(12-8-14(16)21-10-12)18-13-2-3-15(17-9-13)19-4-6-20-7-5-19/h2-3,8-11,18H,4-7H2,1H3. The van der Waals surface area contributed by atoms with Gasteiger partial charge in [-0.1, -0.05) is 11.6 Å². The Morgan fingerprint density at radius 1 is 1.38 bits per heavy atom. The second-order valence-electron chi connectivity index (χ2n) is 5.05. The smallest absolute Gasteiger partial charge is 0.128 e. The first-order chi connectivity index (χ1) is 10.2. The molecule has 112 valence electrons. The summed E-state index contributed by atoms with van der Waals surface area (Å²) in [5, 5.41) is 5.52. The van der Waals surface area contributed by atoms with E-state index in [1.165, 1.54) is 5.56 Å². The van der Waals surface area contributed by atoms with E-state index in [0.29, 0.717) is 0 Å². The van der Waals surface area contributed by atoms with Crippen molar-refractivity contribution in [2.24, 2.45) is 0 Å². The number of hydrogen-bond acceptors (Lipinski definition) is 5. The largest absolute Gasteiger partial charge is 0.378 e. The lowest BCUT2D eigenvalue weighted by Crippen LogP contribution is -2.36. The number of anilines is 2. The van der Waals surface area contributed by atoms with Crippen molar-refractivity contribution in [3.63, 3.8) is 0 Å². The minimum Gasteiger partial charge on any atom is -0.378 e. The van der Waals surface area contributed by atoms with Gasteiger partial charge in [-0.2, -0.15) is 0 Å². The second-order valence-corrected chi connectivity index (χ2v) is 6.60. The molecular weight excluding hydrogens is 306 g/mol. The molecule has 1 N–H and O–H groups in total. The Labute approximate surface area is 133 Å². The predicted octanol–water partition coefficient (Wildman–Crippen LogP) is 3.81. The normalized spacial score (nSPS) is 16.8. The number of ether oxygens (including phenoxy) is 1. The highest BCUT2D eigenvalue weighted by molar-refractivity contribution is 7.14. The maximum absolute atomic E-state index is 5.98. The van der Waals surface area contributed by atoms with E-state index in [9.17, 15) is 0 Å². The first kappa shape index (κ1) is 14.6. The quantitative estimate of drug-likeness (QED) is 0.928. The van der Waals surface area contributed by atoms with E-state index >= 15 is 0 Å². The zero-order chi connectivity index (χ0) is 14.7. The molecule has 0 amide bonds. The summed E-state index contributed by atoms with van der Waals surface area (Å²) in [6.07, 6.45) is 1.88. The fourth-order valence-corrected chi connectivity index (χ4v) is 3.32. The fourth-order valence-electron chi connectivity index (χ4n) is 2.33. The van der Waals surface area contributed by atoms with Crippen molar-refractivity contribution >= 4 is 34.4 Å². The van der Waals surface area contributed by atoms with Crippen LogP contribution in [0.25, 0.3) is 0 Å². The van der Waals surface area contributed by atoms with E-state index in [-0.39, 0.29) is 6.04 Å². The maximum Gasteiger partial charge on any atom is 0.128 e. The van der Waals surface area contributed by atoms with Crippen LogP contribution in [0.2, 0.25) is 4.34 Å². The summed E-state index contributed by atoms with van der Waals surface area (Å²) in [5.74, 6) is 1.01. The van der Waals surface area contributed by atoms with Gasteiger partial charge in [0.1, 0.15) is 5.82 Å². The van der Waals surface area contributed by atoms with Gasteiger partial charge in [0.05, 0.1) is 29.4 Å². The first-order valence-electron chi connectivity index (χ1n) is 7.01. The molecule has 0 aliphatic carbocycles. The molecule has 3 heterocycles. The molecule has 1 aliphatic heterocycles. The zero-order valence-corrected chi connectivity index (χ0v) is 13.5. The van der Waals surface area contributed by atoms with Crippen LogP contribution >= 0.6 is 22.9 Å². The van der Waals surface area contributed by atoms with Crippen molar-refractivity contribution in [3.05, 3.63) is 39.7 Å². The molecule has 1 unspecified atom stereocenters. The van der Waals surface area contributed by atoms with Crippen LogP contribution < -0.4 is 10.2 Å². The van der Waals surface area contributed by atoms with Crippen molar-refractivity contribution in [1.82, 2.24) is 4.98 Å². The van der Waals surface area contributed by atoms with E-state index in [4.69, 9.17) is 16.3 Å². The number of thiophene rings is 1. The zero-order valence-electron chi connectivity index (χ0n) is 11.9. The van der Waals surface area contributed by atoms with Crippen molar-refractivity contribution < 1.29 is 4.74 Å². The Morgan fingerprint density at radius 2 is 2.19 bits per heavy atom. The molecule has 21 heavy (non-hydrogen) atoms. The van der Waals surface area contributed by atoms with Crippen LogP contribution in [0.4, 0.5) is 11.5 Å². The van der Waals surface area contributed by atoms with Crippen molar-refractivity contribution in [3.8, 4) is 0 Å². The number of halogens is 1. The van der Waals surface area contributed by atoms with Gasteiger partial charge in [-0.3, -0.25) is 0 Å². The summed E-state index contributed by atoms with van der Waals surface area (Å²) in [4.78, 5) is 6.78. The Kier molecular flexibility index (Phi) is 4.63. The van der Waals surface area contributed by atoms with Crippen LogP contribution in [0.15, 0.2) is 29.8 Å². The minimum atomic E-state index is 0.213. The molecule has 3 rings (SSSR count). The molecule has 0 saturated carbocycles. The van der Waals surface area contributed by atoms with Gasteiger partial charge >= 0.3 is 0 Å². The lowest BCUT2D eigenvalue weighted by Gasteiger charge is -2.27. The molecule has 2 aromatic rings. The molecule has 2 aromatic heterocycles. The lowest BCUT2D eigenvalue weighted by atomic mass is 10.2. The lowest BCUT2D eigenvalue weighted by molar-refractivity contribution is 0.122. The van der Waals surface area contributed by atoms with Gasteiger partial charge in [-0.05, 0) is 36.1 Å². The second kappa shape index (κ2) is 6.64. The number of nitrogens with zero attached hydrogens (tertiary/aromatic N) is 2. The van der Waals surface area contributed by atoms with Gasteiger partial charge in [0.25, 0.3) is 0 Å². The third-order valence-electron chi connectivity index (χ3n) is 3.55. The van der Waals surface area contributed by atoms with E-state index in [1.807, 2.05) is 12.3 Å². The van der Waals surface area contributed by atoms with Gasteiger partial charge in [-0.25, -0.2) is 4.98 Å². The van der Waals surface area contributed by atoms with E-state index in [0.717, 1.165) is 42.1 Å². The average Bonchev–Trinajstić information content (AvgIpc) is 2.96. The predicted molar refractivity (Wildman–Crippen MR) is 88.6 cm³/mol. The highest BCUT2D eigenvalue weighted by Gasteiger charge is 2.12. The SMILES string of the molecule is CC(Nc1ccc(N2CCOCC2)nc1)c1csc(Cl)c1. The molecule has 0 radical (unpaired) electrons. The van der Waals surface area contributed by atoms with Crippen molar-refractivity contribution in [2.75, 3.05) is 36.5 Å². The van der Waals surface area contributed by atoms with Crippen LogP contribution in [0, 0.1) is 0 Å². The van der Waals surface area contributed by atoms with Crippen molar-refractivity contribution in [1.29, 1.82) is 0 Å². The van der Waals surface area contributed by atoms with Crippen LogP contribution in [0.5, 0.6) is 0 Å². The van der Waals surface area contributed by atoms with Crippen LogP contribution in [-0.4, -0.2) is 31.3 Å². The molecule has 0 bridgehead atoms. The number of rotatable bonds is 4. The number of aromatic nitrogens is 1. The molecule has 0 aromatic carbocycles. The number of morpholine rings is 1. The highest BCUT2D eigenvalue weighted by atomic mass is 35.5. The van der Waals surface area contributed by atoms with Gasteiger partial charge in [-0.15, -0.1) is 11.3 Å². The maximum atomic E-state index is 5.98. The van der Waals surface area contributed by atoms with Crippen LogP contribution in [-0.2, 0) is 4.74 Å². The van der Waals surface area contributed by atoms with Crippen LogP contribution in [0.3, 0.4) is 0 Å². The fraction of sp³-hybridized carbons (Fsp3) is 0.400. The minimum absolute atomic E-state index is 0.213. The average molecular weight is 324 g/mol. The van der Waals surface area contributed by atoms with Crippen molar-refractivity contribution in [2.45, 2.75) is 13.0 Å². The summed E-state index contributed by atoms with van der Waals surface area (Å²) in [7, 11) is 0. The van der Waals surface area contributed by atoms with E-state index in [1.54, 1.807) is 11.3 Å². The molecule has 1 atom stereocenters. The first-order valence-corrected chi connectivity index (χ1v) is 8.27. The third-order valence-corrected chi connectivity index (χ3v) is 4.66. The molecule has 1 fully saturated rings. The molecule has 1 aliphatic rings. The van der Waals surface area contributed by atoms with Gasteiger partial charge in [0.2, 0.25) is 0 Å². The molecule has 1 saturated heterocycles. The summed E-state index contributed by atoms with van der Waals surface area (Å²) >= 11 is 7.53. The molecule has 6 heteroatoms. The summed E-state index contributed by atoms with van der Waals surface area (Å²) in [5.41, 5.74) is 2.21. The van der Waals surface area contributed by atoms with Crippen LogP contribution in [0.1, 0.15) is 18.5 Å². The molecular formula is C15H18ClN3OS. The van der Waals surface area contributed by atoms with Gasteiger partial charge < -0.3 is 15.0 Å². The number of hydrogen-bond donors (Lipinski definition) is 1. The third kappa shape index (κ3) is 3.67. The molecule has 0 spiro atoms. The summed E-state index contributed by atoms with van der Waals surface area (Å²) in [6.45, 7) is 5.48. The Bertz CT molecular complexity index is 581.